The van der Waals surface area contributed by atoms with Crippen LogP contribution in [0.4, 0.5) is 0 Å². The van der Waals surface area contributed by atoms with Crippen molar-refractivity contribution < 1.29 is 5.21 Å². The topological polar surface area (TPSA) is 32.6 Å². The van der Waals surface area contributed by atoms with Gasteiger partial charge in [0.1, 0.15) is 0 Å². The zero-order valence-electron chi connectivity index (χ0n) is 16.4. The summed E-state index contributed by atoms with van der Waals surface area (Å²) in [6.07, 6.45) is 14.8. The van der Waals surface area contributed by atoms with Gasteiger partial charge in [0.2, 0.25) is 0 Å². The van der Waals surface area contributed by atoms with Crippen molar-refractivity contribution in [1.29, 1.82) is 0 Å². The van der Waals surface area contributed by atoms with Crippen LogP contribution in [0.15, 0.2) is 5.16 Å². The molecule has 0 aromatic rings. The first-order chi connectivity index (χ1) is 11.6. The molecule has 0 bridgehead atoms. The summed E-state index contributed by atoms with van der Waals surface area (Å²) in [4.78, 5) is 0. The van der Waals surface area contributed by atoms with E-state index in [1.54, 1.807) is 0 Å². The zero-order chi connectivity index (χ0) is 17.3. The van der Waals surface area contributed by atoms with Gasteiger partial charge in [-0.05, 0) is 92.3 Å². The predicted octanol–water partition coefficient (Wildman–Crippen LogP) is 6.38. The summed E-state index contributed by atoms with van der Waals surface area (Å²) < 4.78 is 0. The van der Waals surface area contributed by atoms with Gasteiger partial charge in [-0.2, -0.15) is 0 Å². The van der Waals surface area contributed by atoms with Crippen molar-refractivity contribution in [2.24, 2.45) is 52.0 Å². The average Bonchev–Trinajstić information content (AvgIpc) is 2.93. The molecule has 4 rings (SSSR count). The van der Waals surface area contributed by atoms with Gasteiger partial charge in [0.25, 0.3) is 0 Å². The molecule has 0 aromatic carbocycles. The molecule has 4 aliphatic carbocycles. The summed E-state index contributed by atoms with van der Waals surface area (Å²) in [5.41, 5.74) is 0.419. The number of hydrogen-bond acceptors (Lipinski definition) is 2. The molecule has 2 heteroatoms. The second kappa shape index (κ2) is 7.38. The van der Waals surface area contributed by atoms with Crippen LogP contribution in [0.25, 0.3) is 0 Å². The molecule has 4 fully saturated rings. The van der Waals surface area contributed by atoms with Crippen LogP contribution in [-0.4, -0.2) is 11.4 Å². The zero-order valence-corrected chi connectivity index (χ0v) is 16.4. The fourth-order valence-electron chi connectivity index (χ4n) is 7.45. The van der Waals surface area contributed by atoms with Crippen LogP contribution in [0, 0.1) is 46.8 Å². The van der Waals surface area contributed by atoms with E-state index in [0.29, 0.717) is 11.3 Å². The van der Waals surface area contributed by atoms with E-state index in [2.05, 4.69) is 19.0 Å². The third-order valence-electron chi connectivity index (χ3n) is 8.54. The Balaban J connectivity index is 0.000000815. The molecule has 138 valence electrons. The van der Waals surface area contributed by atoms with Crippen LogP contribution < -0.4 is 0 Å². The summed E-state index contributed by atoms with van der Waals surface area (Å²) in [5, 5.41) is 12.4. The molecule has 4 aliphatic rings. The highest BCUT2D eigenvalue weighted by molar-refractivity contribution is 5.62. The number of fused-ring (bicyclic) bond motifs is 5. The van der Waals surface area contributed by atoms with Crippen LogP contribution >= 0.6 is 0 Å². The van der Waals surface area contributed by atoms with E-state index in [0.717, 1.165) is 35.5 Å². The van der Waals surface area contributed by atoms with Gasteiger partial charge in [0.05, 0.1) is 0 Å². The third-order valence-corrected chi connectivity index (χ3v) is 8.54. The maximum absolute atomic E-state index is 9.01. The molecule has 8 atom stereocenters. The predicted molar refractivity (Wildman–Crippen MR) is 101 cm³/mol. The number of rotatable bonds is 1. The standard InChI is InChI=1S/C20H33NO.C2H6/c1-13-3-6-16-14(11-13)4-7-18-17(16)9-10-20(2)15(12-21-22)5-8-19(18)20;1-2/h12-19,22H,3-11H2,1-2H3;1-2H3/b21-12+;. The Bertz CT molecular complexity index is 447. The Labute approximate surface area is 149 Å². The Hall–Kier alpha value is -0.530. The molecule has 0 heterocycles. The van der Waals surface area contributed by atoms with Crippen LogP contribution in [0.1, 0.15) is 85.5 Å². The van der Waals surface area contributed by atoms with Crippen LogP contribution in [0.3, 0.4) is 0 Å². The molecule has 4 saturated carbocycles. The van der Waals surface area contributed by atoms with Crippen molar-refractivity contribution >= 4 is 6.21 Å². The minimum Gasteiger partial charge on any atom is -0.411 e. The van der Waals surface area contributed by atoms with Crippen LogP contribution in [0.2, 0.25) is 0 Å². The number of hydrogen-bond donors (Lipinski definition) is 1. The van der Waals surface area contributed by atoms with Crippen molar-refractivity contribution in [2.45, 2.75) is 85.5 Å². The lowest BCUT2D eigenvalue weighted by atomic mass is 9.49. The second-order valence-electron chi connectivity index (χ2n) is 9.35. The summed E-state index contributed by atoms with van der Waals surface area (Å²) in [5.74, 6) is 6.49. The fraction of sp³-hybridized carbons (Fsp3) is 0.955. The van der Waals surface area contributed by atoms with E-state index in [4.69, 9.17) is 5.21 Å². The van der Waals surface area contributed by atoms with Gasteiger partial charge >= 0.3 is 0 Å². The van der Waals surface area contributed by atoms with Crippen LogP contribution in [-0.2, 0) is 0 Å². The lowest BCUT2D eigenvalue weighted by Crippen LogP contribution is -2.48. The largest absolute Gasteiger partial charge is 0.411 e. The quantitative estimate of drug-likeness (QED) is 0.337. The molecule has 0 amide bonds. The lowest BCUT2D eigenvalue weighted by molar-refractivity contribution is -0.0604. The number of oxime groups is 1. The minimum atomic E-state index is 0.419. The maximum atomic E-state index is 9.01. The minimum absolute atomic E-state index is 0.419. The molecular weight excluding hydrogens is 294 g/mol. The summed E-state index contributed by atoms with van der Waals surface area (Å²) in [6.45, 7) is 8.97. The molecule has 0 aromatic heterocycles. The van der Waals surface area contributed by atoms with Gasteiger partial charge in [0, 0.05) is 12.1 Å². The molecule has 0 saturated heterocycles. The highest BCUT2D eigenvalue weighted by atomic mass is 16.4. The molecule has 0 aliphatic heterocycles. The first-order valence-electron chi connectivity index (χ1n) is 10.8. The van der Waals surface area contributed by atoms with Crippen molar-refractivity contribution in [3.63, 3.8) is 0 Å². The molecule has 24 heavy (non-hydrogen) atoms. The van der Waals surface area contributed by atoms with E-state index in [9.17, 15) is 0 Å². The van der Waals surface area contributed by atoms with Gasteiger partial charge in [0.15, 0.2) is 0 Å². The highest BCUT2D eigenvalue weighted by Crippen LogP contribution is 2.64. The van der Waals surface area contributed by atoms with Gasteiger partial charge in [-0.25, -0.2) is 0 Å². The molecule has 1 N–H and O–H groups in total. The first kappa shape index (κ1) is 18.3. The molecular formula is C22H39NO. The molecule has 0 radical (unpaired) electrons. The van der Waals surface area contributed by atoms with Gasteiger partial charge < -0.3 is 5.21 Å². The monoisotopic (exact) mass is 333 g/mol. The average molecular weight is 334 g/mol. The van der Waals surface area contributed by atoms with Gasteiger partial charge in [-0.15, -0.1) is 5.16 Å². The Kier molecular flexibility index (Phi) is 5.62. The molecule has 2 nitrogen and oxygen atoms in total. The van der Waals surface area contributed by atoms with Crippen molar-refractivity contribution in [2.75, 3.05) is 0 Å². The highest BCUT2D eigenvalue weighted by Gasteiger charge is 2.56. The van der Waals surface area contributed by atoms with E-state index in [1.807, 2.05) is 20.1 Å². The first-order valence-corrected chi connectivity index (χ1v) is 10.8. The Morgan fingerprint density at radius 2 is 1.67 bits per heavy atom. The van der Waals surface area contributed by atoms with Gasteiger partial charge in [-0.1, -0.05) is 34.1 Å². The van der Waals surface area contributed by atoms with Crippen molar-refractivity contribution in [1.82, 2.24) is 0 Å². The van der Waals surface area contributed by atoms with Gasteiger partial charge in [-0.3, -0.25) is 0 Å². The van der Waals surface area contributed by atoms with E-state index < -0.39 is 0 Å². The smallest absolute Gasteiger partial charge is 0.0472 e. The Morgan fingerprint density at radius 3 is 2.42 bits per heavy atom. The molecule has 0 spiro atoms. The summed E-state index contributed by atoms with van der Waals surface area (Å²) in [6, 6.07) is 0. The van der Waals surface area contributed by atoms with Crippen molar-refractivity contribution in [3.05, 3.63) is 0 Å². The second-order valence-corrected chi connectivity index (χ2v) is 9.35. The number of nitrogens with zero attached hydrogens (tertiary/aromatic N) is 1. The SMILES string of the molecule is CC.CC1CCC2C(CCC3C2CCC2(C)C(/C=N/O)CCC32)C1. The van der Waals surface area contributed by atoms with E-state index in [1.165, 1.54) is 57.8 Å². The van der Waals surface area contributed by atoms with E-state index >= 15 is 0 Å². The lowest BCUT2D eigenvalue weighted by Gasteiger charge is -2.56. The summed E-state index contributed by atoms with van der Waals surface area (Å²) >= 11 is 0. The summed E-state index contributed by atoms with van der Waals surface area (Å²) in [7, 11) is 0. The maximum Gasteiger partial charge on any atom is 0.0472 e. The molecule has 8 unspecified atom stereocenters. The third kappa shape index (κ3) is 2.92. The normalized spacial score (nSPS) is 50.4. The Morgan fingerprint density at radius 1 is 0.917 bits per heavy atom. The fourth-order valence-corrected chi connectivity index (χ4v) is 7.45. The van der Waals surface area contributed by atoms with Crippen molar-refractivity contribution in [3.8, 4) is 0 Å². The van der Waals surface area contributed by atoms with Crippen LogP contribution in [0.5, 0.6) is 0 Å². The van der Waals surface area contributed by atoms with E-state index in [-0.39, 0.29) is 0 Å².